The predicted molar refractivity (Wildman–Crippen MR) is 92.4 cm³/mol. The van der Waals surface area contributed by atoms with Gasteiger partial charge >= 0.3 is 5.97 Å². The van der Waals surface area contributed by atoms with Crippen molar-refractivity contribution >= 4 is 11.9 Å². The van der Waals surface area contributed by atoms with Crippen LogP contribution >= 0.6 is 0 Å². The third-order valence-corrected chi connectivity index (χ3v) is 3.65. The maximum Gasteiger partial charge on any atom is 0.342 e. The number of hydrogen-bond donors (Lipinski definition) is 3. The first-order chi connectivity index (χ1) is 12.0. The van der Waals surface area contributed by atoms with Crippen LogP contribution in [0.3, 0.4) is 0 Å². The summed E-state index contributed by atoms with van der Waals surface area (Å²) in [5, 5.41) is 21.5. The van der Waals surface area contributed by atoms with Crippen molar-refractivity contribution in [3.63, 3.8) is 0 Å². The number of carbonyl (C=O) groups excluding carboxylic acids is 2. The fourth-order valence-corrected chi connectivity index (χ4v) is 2.32. The molecule has 0 saturated heterocycles. The normalized spacial score (nSPS) is 11.6. The summed E-state index contributed by atoms with van der Waals surface area (Å²) in [4.78, 5) is 23.7. The Labute approximate surface area is 146 Å². The Kier molecular flexibility index (Phi) is 6.39. The second-order valence-electron chi connectivity index (χ2n) is 5.77. The molecule has 0 aliphatic carbocycles. The van der Waals surface area contributed by atoms with Crippen LogP contribution in [0.25, 0.3) is 0 Å². The van der Waals surface area contributed by atoms with Gasteiger partial charge in [-0.05, 0) is 37.5 Å². The number of phenols is 2. The van der Waals surface area contributed by atoms with Gasteiger partial charge in [-0.15, -0.1) is 0 Å². The topological polar surface area (TPSA) is 95.9 Å². The molecule has 0 heterocycles. The number of carbonyl (C=O) groups is 2. The number of aryl methyl sites for hydroxylation is 1. The highest BCUT2D eigenvalue weighted by Gasteiger charge is 2.15. The zero-order valence-corrected chi connectivity index (χ0v) is 13.9. The number of nitrogens with one attached hydrogen (secondary N) is 1. The lowest BCUT2D eigenvalue weighted by molar-refractivity contribution is -0.124. The molecule has 0 radical (unpaired) electrons. The quantitative estimate of drug-likeness (QED) is 0.671. The van der Waals surface area contributed by atoms with Gasteiger partial charge in [-0.2, -0.15) is 0 Å². The fraction of sp³-hybridized carbons (Fsp3) is 0.263. The van der Waals surface area contributed by atoms with Gasteiger partial charge in [0.1, 0.15) is 17.1 Å². The van der Waals surface area contributed by atoms with Crippen molar-refractivity contribution in [1.82, 2.24) is 5.32 Å². The molecule has 2 aromatic rings. The van der Waals surface area contributed by atoms with E-state index in [-0.39, 0.29) is 17.4 Å². The monoisotopic (exact) mass is 343 g/mol. The van der Waals surface area contributed by atoms with Crippen LogP contribution in [-0.4, -0.2) is 34.7 Å². The minimum Gasteiger partial charge on any atom is -0.508 e. The molecular weight excluding hydrogens is 322 g/mol. The molecular formula is C19H21NO5. The molecule has 1 atom stereocenters. The van der Waals surface area contributed by atoms with Gasteiger partial charge in [0.2, 0.25) is 0 Å². The number of ether oxygens (including phenoxy) is 1. The zero-order valence-electron chi connectivity index (χ0n) is 13.9. The first-order valence-electron chi connectivity index (χ1n) is 7.98. The van der Waals surface area contributed by atoms with Crippen molar-refractivity contribution < 1.29 is 24.5 Å². The summed E-state index contributed by atoms with van der Waals surface area (Å²) in [5.74, 6) is -1.81. The Morgan fingerprint density at radius 3 is 2.52 bits per heavy atom. The Morgan fingerprint density at radius 2 is 1.84 bits per heavy atom. The van der Waals surface area contributed by atoms with Crippen molar-refractivity contribution in [3.05, 3.63) is 59.7 Å². The van der Waals surface area contributed by atoms with Gasteiger partial charge in [-0.25, -0.2) is 4.79 Å². The molecule has 3 N–H and O–H groups in total. The number of amides is 1. The van der Waals surface area contributed by atoms with Crippen molar-refractivity contribution in [3.8, 4) is 11.5 Å². The second kappa shape index (κ2) is 8.73. The average Bonchev–Trinajstić information content (AvgIpc) is 2.59. The van der Waals surface area contributed by atoms with Gasteiger partial charge < -0.3 is 20.3 Å². The summed E-state index contributed by atoms with van der Waals surface area (Å²) in [6.45, 7) is 1.45. The maximum atomic E-state index is 11.8. The van der Waals surface area contributed by atoms with Crippen LogP contribution in [0.2, 0.25) is 0 Å². The highest BCUT2D eigenvalue weighted by atomic mass is 16.5. The van der Waals surface area contributed by atoms with Gasteiger partial charge in [0.25, 0.3) is 5.91 Å². The number of phenolic OH excluding ortho intramolecular Hbond substituents is 2. The second-order valence-corrected chi connectivity index (χ2v) is 5.77. The molecule has 0 bridgehead atoms. The fourth-order valence-electron chi connectivity index (χ4n) is 2.32. The molecule has 0 aliphatic rings. The van der Waals surface area contributed by atoms with Crippen LogP contribution in [0.4, 0.5) is 0 Å². The van der Waals surface area contributed by atoms with Crippen LogP contribution in [0.15, 0.2) is 48.5 Å². The van der Waals surface area contributed by atoms with E-state index in [0.29, 0.717) is 0 Å². The highest BCUT2D eigenvalue weighted by Crippen LogP contribution is 2.23. The van der Waals surface area contributed by atoms with E-state index in [2.05, 4.69) is 5.32 Å². The first kappa shape index (κ1) is 18.3. The summed E-state index contributed by atoms with van der Waals surface area (Å²) in [6, 6.07) is 13.4. The lowest BCUT2D eigenvalue weighted by Crippen LogP contribution is -2.36. The largest absolute Gasteiger partial charge is 0.508 e. The van der Waals surface area contributed by atoms with Crippen molar-refractivity contribution in [2.75, 3.05) is 6.61 Å². The van der Waals surface area contributed by atoms with Crippen LogP contribution < -0.4 is 5.32 Å². The van der Waals surface area contributed by atoms with Gasteiger partial charge in [-0.1, -0.05) is 30.3 Å². The van der Waals surface area contributed by atoms with Crippen molar-refractivity contribution in [1.29, 1.82) is 0 Å². The Morgan fingerprint density at radius 1 is 1.12 bits per heavy atom. The maximum absolute atomic E-state index is 11.8. The standard InChI is InChI=1S/C19H21NO5/c1-13(7-8-14-5-3-2-4-6-14)20-18(23)12-25-19(24)16-10-9-15(21)11-17(16)22/h2-6,9-11,13,21-22H,7-8,12H2,1H3,(H,20,23)/t13-/m1/s1. The van der Waals surface area contributed by atoms with Gasteiger partial charge in [0.15, 0.2) is 6.61 Å². The van der Waals surface area contributed by atoms with Crippen LogP contribution in [-0.2, 0) is 16.0 Å². The van der Waals surface area contributed by atoms with E-state index in [4.69, 9.17) is 4.74 Å². The molecule has 2 rings (SSSR count). The minimum absolute atomic E-state index is 0.0616. The third-order valence-electron chi connectivity index (χ3n) is 3.65. The lowest BCUT2D eigenvalue weighted by Gasteiger charge is -2.14. The summed E-state index contributed by atoms with van der Waals surface area (Å²) < 4.78 is 4.88. The first-order valence-corrected chi connectivity index (χ1v) is 7.98. The smallest absolute Gasteiger partial charge is 0.342 e. The third kappa shape index (κ3) is 5.84. The van der Waals surface area contributed by atoms with E-state index in [1.807, 2.05) is 37.3 Å². The van der Waals surface area contributed by atoms with E-state index in [1.54, 1.807) is 0 Å². The Bertz CT molecular complexity index is 730. The van der Waals surface area contributed by atoms with Crippen LogP contribution in [0, 0.1) is 0 Å². The van der Waals surface area contributed by atoms with Crippen LogP contribution in [0.5, 0.6) is 11.5 Å². The summed E-state index contributed by atoms with van der Waals surface area (Å²) >= 11 is 0. The van der Waals surface area contributed by atoms with E-state index >= 15 is 0 Å². The molecule has 132 valence electrons. The highest BCUT2D eigenvalue weighted by molar-refractivity contribution is 5.94. The minimum atomic E-state index is -0.829. The summed E-state index contributed by atoms with van der Waals surface area (Å²) in [5.41, 5.74) is 1.08. The van der Waals surface area contributed by atoms with Crippen molar-refractivity contribution in [2.45, 2.75) is 25.8 Å². The molecule has 0 saturated carbocycles. The lowest BCUT2D eigenvalue weighted by atomic mass is 10.1. The molecule has 0 aliphatic heterocycles. The molecule has 1 amide bonds. The SMILES string of the molecule is C[C@H](CCc1ccccc1)NC(=O)COC(=O)c1ccc(O)cc1O. The van der Waals surface area contributed by atoms with E-state index < -0.39 is 24.2 Å². The summed E-state index contributed by atoms with van der Waals surface area (Å²) in [7, 11) is 0. The molecule has 0 aromatic heterocycles. The zero-order chi connectivity index (χ0) is 18.2. The van der Waals surface area contributed by atoms with Gasteiger partial charge in [0.05, 0.1) is 0 Å². The molecule has 0 fully saturated rings. The number of esters is 1. The molecule has 2 aromatic carbocycles. The predicted octanol–water partition coefficient (Wildman–Crippen LogP) is 2.39. The number of hydrogen-bond acceptors (Lipinski definition) is 5. The van der Waals surface area contributed by atoms with Gasteiger partial charge in [-0.3, -0.25) is 4.79 Å². The number of aromatic hydroxyl groups is 2. The Hall–Kier alpha value is -3.02. The van der Waals surface area contributed by atoms with Crippen LogP contribution in [0.1, 0.15) is 29.3 Å². The number of rotatable bonds is 7. The van der Waals surface area contributed by atoms with E-state index in [1.165, 1.54) is 17.7 Å². The molecule has 0 spiro atoms. The molecule has 25 heavy (non-hydrogen) atoms. The molecule has 0 unspecified atom stereocenters. The Balaban J connectivity index is 1.75. The van der Waals surface area contributed by atoms with Crippen molar-refractivity contribution in [2.24, 2.45) is 0 Å². The van der Waals surface area contributed by atoms with E-state index in [0.717, 1.165) is 18.9 Å². The number of benzene rings is 2. The average molecular weight is 343 g/mol. The summed E-state index contributed by atoms with van der Waals surface area (Å²) in [6.07, 6.45) is 1.60. The van der Waals surface area contributed by atoms with Gasteiger partial charge in [0, 0.05) is 12.1 Å². The molecule has 6 nitrogen and oxygen atoms in total. The van der Waals surface area contributed by atoms with E-state index in [9.17, 15) is 19.8 Å². The molecule has 6 heteroatoms.